The highest BCUT2D eigenvalue weighted by atomic mass is 32.2. The van der Waals surface area contributed by atoms with Crippen molar-refractivity contribution in [2.24, 2.45) is 5.92 Å². The lowest BCUT2D eigenvalue weighted by Gasteiger charge is -2.30. The van der Waals surface area contributed by atoms with Gasteiger partial charge in [-0.05, 0) is 25.7 Å². The van der Waals surface area contributed by atoms with Crippen LogP contribution in [0.5, 0.6) is 0 Å². The number of carbonyl (C=O) groups is 1. The van der Waals surface area contributed by atoms with E-state index < -0.39 is 10.0 Å². The largest absolute Gasteiger partial charge is 0.381 e. The first-order valence-electron chi connectivity index (χ1n) is 6.48. The van der Waals surface area contributed by atoms with Gasteiger partial charge in [0.2, 0.25) is 10.0 Å². The molecule has 0 aliphatic carbocycles. The van der Waals surface area contributed by atoms with Crippen LogP contribution >= 0.6 is 0 Å². The van der Waals surface area contributed by atoms with Crippen molar-refractivity contribution in [2.45, 2.75) is 32.6 Å². The van der Waals surface area contributed by atoms with Gasteiger partial charge in [-0.3, -0.25) is 4.79 Å². The van der Waals surface area contributed by atoms with Crippen LogP contribution < -0.4 is 0 Å². The molecule has 1 aliphatic heterocycles. The molecule has 0 amide bonds. The van der Waals surface area contributed by atoms with Gasteiger partial charge in [0.1, 0.15) is 5.78 Å². The summed E-state index contributed by atoms with van der Waals surface area (Å²) in [6.45, 7) is 4.06. The zero-order valence-electron chi connectivity index (χ0n) is 11.2. The van der Waals surface area contributed by atoms with Crippen LogP contribution in [0, 0.1) is 5.92 Å². The maximum atomic E-state index is 11.7. The normalized spacial score (nSPS) is 22.0. The highest BCUT2D eigenvalue weighted by molar-refractivity contribution is 7.88. The van der Waals surface area contributed by atoms with E-state index in [0.29, 0.717) is 39.1 Å². The summed E-state index contributed by atoms with van der Waals surface area (Å²) in [7, 11) is -3.12. The summed E-state index contributed by atoms with van der Waals surface area (Å²) in [6.07, 6.45) is 3.91. The summed E-state index contributed by atoms with van der Waals surface area (Å²) >= 11 is 0. The molecule has 0 bridgehead atoms. The van der Waals surface area contributed by atoms with E-state index in [2.05, 4.69) is 0 Å². The Bertz CT molecular complexity index is 366. The standard InChI is InChI=1S/C12H23NO4S/c1-3-17-8-6-12(14)9-11-5-4-7-13(10-11)18(2,15)16/h11H,3-10H2,1-2H3. The lowest BCUT2D eigenvalue weighted by molar-refractivity contribution is -0.121. The van der Waals surface area contributed by atoms with E-state index >= 15 is 0 Å². The van der Waals surface area contributed by atoms with E-state index in [1.54, 1.807) is 0 Å². The molecular weight excluding hydrogens is 254 g/mol. The minimum absolute atomic E-state index is 0.169. The number of ether oxygens (including phenoxy) is 1. The van der Waals surface area contributed by atoms with Crippen LogP contribution in [0.3, 0.4) is 0 Å². The average Bonchev–Trinajstić information content (AvgIpc) is 2.28. The van der Waals surface area contributed by atoms with Gasteiger partial charge in [0.25, 0.3) is 0 Å². The SMILES string of the molecule is CCOCCC(=O)CC1CCCN(S(C)(=O)=O)C1. The van der Waals surface area contributed by atoms with Crippen molar-refractivity contribution >= 4 is 15.8 Å². The highest BCUT2D eigenvalue weighted by Gasteiger charge is 2.26. The minimum Gasteiger partial charge on any atom is -0.381 e. The van der Waals surface area contributed by atoms with Crippen LogP contribution in [0.2, 0.25) is 0 Å². The monoisotopic (exact) mass is 277 g/mol. The molecule has 1 rings (SSSR count). The molecule has 1 fully saturated rings. The molecule has 1 atom stereocenters. The molecule has 0 radical (unpaired) electrons. The summed E-state index contributed by atoms with van der Waals surface area (Å²) in [4.78, 5) is 11.7. The second-order valence-corrected chi connectivity index (χ2v) is 6.80. The highest BCUT2D eigenvalue weighted by Crippen LogP contribution is 2.22. The van der Waals surface area contributed by atoms with Gasteiger partial charge < -0.3 is 4.74 Å². The van der Waals surface area contributed by atoms with E-state index in [1.165, 1.54) is 10.6 Å². The molecule has 1 saturated heterocycles. The van der Waals surface area contributed by atoms with Crippen LogP contribution in [0.15, 0.2) is 0 Å². The van der Waals surface area contributed by atoms with Gasteiger partial charge in [-0.2, -0.15) is 0 Å². The van der Waals surface area contributed by atoms with Crippen LogP contribution in [0.25, 0.3) is 0 Å². The maximum absolute atomic E-state index is 11.7. The molecule has 0 aromatic carbocycles. The summed E-state index contributed by atoms with van der Waals surface area (Å²) in [5, 5.41) is 0. The van der Waals surface area contributed by atoms with E-state index in [1.807, 2.05) is 6.92 Å². The molecule has 1 unspecified atom stereocenters. The minimum atomic E-state index is -3.12. The van der Waals surface area contributed by atoms with Crippen molar-refractivity contribution in [3.05, 3.63) is 0 Å². The third-order valence-electron chi connectivity index (χ3n) is 3.20. The number of sulfonamides is 1. The number of hydrogen-bond donors (Lipinski definition) is 0. The van der Waals surface area contributed by atoms with Gasteiger partial charge >= 0.3 is 0 Å². The molecule has 18 heavy (non-hydrogen) atoms. The summed E-state index contributed by atoms with van der Waals surface area (Å²) in [5.41, 5.74) is 0. The van der Waals surface area contributed by atoms with Crippen molar-refractivity contribution in [2.75, 3.05) is 32.6 Å². The van der Waals surface area contributed by atoms with E-state index in [9.17, 15) is 13.2 Å². The van der Waals surface area contributed by atoms with Crippen LogP contribution in [-0.2, 0) is 19.6 Å². The Kier molecular flexibility index (Phi) is 6.25. The van der Waals surface area contributed by atoms with Gasteiger partial charge in [-0.15, -0.1) is 0 Å². The maximum Gasteiger partial charge on any atom is 0.211 e. The molecular formula is C12H23NO4S. The lowest BCUT2D eigenvalue weighted by atomic mass is 9.93. The lowest BCUT2D eigenvalue weighted by Crippen LogP contribution is -2.39. The third-order valence-corrected chi connectivity index (χ3v) is 4.47. The van der Waals surface area contributed by atoms with Gasteiger partial charge in [0, 0.05) is 32.5 Å². The Hall–Kier alpha value is -0.460. The molecule has 0 aromatic heterocycles. The number of hydrogen-bond acceptors (Lipinski definition) is 4. The predicted octanol–water partition coefficient (Wildman–Crippen LogP) is 1.04. The molecule has 0 aromatic rings. The number of carbonyl (C=O) groups excluding carboxylic acids is 1. The summed E-state index contributed by atoms with van der Waals surface area (Å²) in [5.74, 6) is 0.339. The van der Waals surface area contributed by atoms with Crippen LogP contribution in [0.1, 0.15) is 32.6 Å². The first-order chi connectivity index (χ1) is 8.43. The summed E-state index contributed by atoms with van der Waals surface area (Å²) < 4.78 is 29.5. The van der Waals surface area contributed by atoms with E-state index in [0.717, 1.165) is 12.8 Å². The molecule has 0 spiro atoms. The number of Topliss-reactive ketones (excluding diaryl/α,β-unsaturated/α-hetero) is 1. The number of nitrogens with zero attached hydrogens (tertiary/aromatic N) is 1. The van der Waals surface area contributed by atoms with Gasteiger partial charge in [-0.1, -0.05) is 0 Å². The fraction of sp³-hybridized carbons (Fsp3) is 0.917. The number of piperidine rings is 1. The molecule has 1 heterocycles. The topological polar surface area (TPSA) is 63.7 Å². The Morgan fingerprint density at radius 3 is 2.78 bits per heavy atom. The molecule has 106 valence electrons. The number of ketones is 1. The first-order valence-corrected chi connectivity index (χ1v) is 8.33. The Morgan fingerprint density at radius 1 is 1.44 bits per heavy atom. The zero-order valence-corrected chi connectivity index (χ0v) is 12.0. The van der Waals surface area contributed by atoms with Crippen LogP contribution in [-0.4, -0.2) is 51.1 Å². The van der Waals surface area contributed by atoms with Gasteiger partial charge in [0.15, 0.2) is 0 Å². The van der Waals surface area contributed by atoms with Crippen molar-refractivity contribution in [3.63, 3.8) is 0 Å². The molecule has 0 N–H and O–H groups in total. The fourth-order valence-corrected chi connectivity index (χ4v) is 3.19. The molecule has 5 nitrogen and oxygen atoms in total. The van der Waals surface area contributed by atoms with Gasteiger partial charge in [-0.25, -0.2) is 12.7 Å². The van der Waals surface area contributed by atoms with E-state index in [-0.39, 0.29) is 11.7 Å². The molecule has 6 heteroatoms. The Morgan fingerprint density at radius 2 is 2.17 bits per heavy atom. The summed E-state index contributed by atoms with van der Waals surface area (Å²) in [6, 6.07) is 0. The van der Waals surface area contributed by atoms with Crippen molar-refractivity contribution in [3.8, 4) is 0 Å². The second kappa shape index (κ2) is 7.21. The fourth-order valence-electron chi connectivity index (χ4n) is 2.25. The third kappa shape index (κ3) is 5.46. The predicted molar refractivity (Wildman–Crippen MR) is 69.9 cm³/mol. The molecule has 0 saturated carbocycles. The number of rotatable bonds is 7. The zero-order chi connectivity index (χ0) is 13.6. The van der Waals surface area contributed by atoms with Gasteiger partial charge in [0.05, 0.1) is 12.9 Å². The Labute approximate surface area is 110 Å². The first kappa shape index (κ1) is 15.6. The second-order valence-electron chi connectivity index (χ2n) is 4.82. The average molecular weight is 277 g/mol. The van der Waals surface area contributed by atoms with Crippen LogP contribution in [0.4, 0.5) is 0 Å². The smallest absolute Gasteiger partial charge is 0.211 e. The Balaban J connectivity index is 2.36. The van der Waals surface area contributed by atoms with Crippen molar-refractivity contribution in [1.29, 1.82) is 0 Å². The molecule has 1 aliphatic rings. The van der Waals surface area contributed by atoms with Crippen molar-refractivity contribution < 1.29 is 17.9 Å². The van der Waals surface area contributed by atoms with Crippen molar-refractivity contribution in [1.82, 2.24) is 4.31 Å². The quantitative estimate of drug-likeness (QED) is 0.652. The van der Waals surface area contributed by atoms with E-state index in [4.69, 9.17) is 4.74 Å².